The lowest BCUT2D eigenvalue weighted by Crippen LogP contribution is -2.53. The molecule has 1 saturated heterocycles. The summed E-state index contributed by atoms with van der Waals surface area (Å²) >= 11 is 0. The van der Waals surface area contributed by atoms with Crippen molar-refractivity contribution in [3.8, 4) is 5.75 Å². The molecule has 5 nitrogen and oxygen atoms in total. The van der Waals surface area contributed by atoms with Crippen molar-refractivity contribution in [3.05, 3.63) is 29.3 Å². The second kappa shape index (κ2) is 6.91. The van der Waals surface area contributed by atoms with E-state index >= 15 is 0 Å². The highest BCUT2D eigenvalue weighted by molar-refractivity contribution is 5.85. The Bertz CT molecular complexity index is 496. The van der Waals surface area contributed by atoms with Gasteiger partial charge in [-0.3, -0.25) is 4.79 Å². The summed E-state index contributed by atoms with van der Waals surface area (Å²) in [5, 5.41) is 6.23. The van der Waals surface area contributed by atoms with Crippen LogP contribution >= 0.6 is 0 Å². The smallest absolute Gasteiger partial charge is 0.252 e. The third-order valence-electron chi connectivity index (χ3n) is 4.10. The van der Waals surface area contributed by atoms with Crippen LogP contribution in [0.5, 0.6) is 5.75 Å². The molecular weight excluding hydrogens is 268 g/mol. The van der Waals surface area contributed by atoms with E-state index in [1.54, 1.807) is 14.2 Å². The fraction of sp³-hybridized carbons (Fsp3) is 0.562. The Balaban J connectivity index is 2.03. The van der Waals surface area contributed by atoms with Crippen LogP contribution in [0, 0.1) is 6.92 Å². The largest absolute Gasteiger partial charge is 0.496 e. The van der Waals surface area contributed by atoms with E-state index in [0.29, 0.717) is 19.4 Å². The van der Waals surface area contributed by atoms with Gasteiger partial charge in [-0.1, -0.05) is 12.1 Å². The van der Waals surface area contributed by atoms with Crippen LogP contribution in [0.1, 0.15) is 24.0 Å². The first kappa shape index (κ1) is 15.8. The van der Waals surface area contributed by atoms with Crippen LogP contribution in [0.2, 0.25) is 0 Å². The van der Waals surface area contributed by atoms with E-state index < -0.39 is 5.60 Å². The van der Waals surface area contributed by atoms with Crippen molar-refractivity contribution < 1.29 is 14.3 Å². The van der Waals surface area contributed by atoms with Gasteiger partial charge in [-0.15, -0.1) is 0 Å². The molecule has 0 saturated carbocycles. The molecule has 21 heavy (non-hydrogen) atoms. The molecule has 1 aliphatic rings. The Morgan fingerprint density at radius 2 is 2.05 bits per heavy atom. The van der Waals surface area contributed by atoms with Crippen LogP contribution in [0.4, 0.5) is 0 Å². The van der Waals surface area contributed by atoms with Gasteiger partial charge in [0.15, 0.2) is 0 Å². The van der Waals surface area contributed by atoms with Gasteiger partial charge in [0.05, 0.1) is 7.11 Å². The third kappa shape index (κ3) is 3.54. The van der Waals surface area contributed by atoms with Crippen molar-refractivity contribution in [1.29, 1.82) is 0 Å². The second-order valence-corrected chi connectivity index (χ2v) is 5.45. The van der Waals surface area contributed by atoms with E-state index in [2.05, 4.69) is 10.6 Å². The minimum atomic E-state index is -0.705. The molecule has 0 bridgehead atoms. The summed E-state index contributed by atoms with van der Waals surface area (Å²) in [4.78, 5) is 12.5. The standard InChI is InChI=1S/C16H24N2O3/c1-12-4-5-13(14(10-12)20-2)11-18-15(19)16(21-3)6-8-17-9-7-16/h4-5,10,17H,6-9,11H2,1-3H3,(H,18,19). The quantitative estimate of drug-likeness (QED) is 0.861. The van der Waals surface area contributed by atoms with Gasteiger partial charge in [-0.25, -0.2) is 0 Å². The number of carbonyl (C=O) groups is 1. The number of nitrogens with one attached hydrogen (secondary N) is 2. The summed E-state index contributed by atoms with van der Waals surface area (Å²) in [5.74, 6) is 0.751. The molecule has 0 spiro atoms. The molecule has 116 valence electrons. The summed E-state index contributed by atoms with van der Waals surface area (Å²) < 4.78 is 10.9. The summed E-state index contributed by atoms with van der Waals surface area (Å²) in [6.07, 6.45) is 1.39. The number of aryl methyl sites for hydroxylation is 1. The predicted octanol–water partition coefficient (Wildman–Crippen LogP) is 1.39. The molecule has 5 heteroatoms. The van der Waals surface area contributed by atoms with E-state index in [1.807, 2.05) is 25.1 Å². The molecular formula is C16H24N2O3. The minimum absolute atomic E-state index is 0.0471. The van der Waals surface area contributed by atoms with Crippen molar-refractivity contribution in [3.63, 3.8) is 0 Å². The summed E-state index contributed by atoms with van der Waals surface area (Å²) in [6.45, 7) is 4.06. The SMILES string of the molecule is COc1cc(C)ccc1CNC(=O)C1(OC)CCNCC1. The van der Waals surface area contributed by atoms with Gasteiger partial charge in [0.1, 0.15) is 11.4 Å². The predicted molar refractivity (Wildman–Crippen MR) is 81.4 cm³/mol. The van der Waals surface area contributed by atoms with Gasteiger partial charge in [-0.2, -0.15) is 0 Å². The molecule has 1 heterocycles. The van der Waals surface area contributed by atoms with Crippen LogP contribution < -0.4 is 15.4 Å². The lowest BCUT2D eigenvalue weighted by Gasteiger charge is -2.34. The zero-order valence-electron chi connectivity index (χ0n) is 13.0. The van der Waals surface area contributed by atoms with Crippen molar-refractivity contribution in [2.45, 2.75) is 31.9 Å². The first-order chi connectivity index (χ1) is 10.1. The minimum Gasteiger partial charge on any atom is -0.496 e. The van der Waals surface area contributed by atoms with Crippen molar-refractivity contribution in [2.75, 3.05) is 27.3 Å². The number of amides is 1. The average molecular weight is 292 g/mol. The molecule has 1 aromatic carbocycles. The summed E-state index contributed by atoms with van der Waals surface area (Å²) in [5.41, 5.74) is 1.40. The number of carbonyl (C=O) groups excluding carboxylic acids is 1. The zero-order valence-corrected chi connectivity index (χ0v) is 13.0. The van der Waals surface area contributed by atoms with Crippen LogP contribution in [0.25, 0.3) is 0 Å². The molecule has 1 aliphatic heterocycles. The average Bonchev–Trinajstić information content (AvgIpc) is 2.53. The lowest BCUT2D eigenvalue weighted by molar-refractivity contribution is -0.146. The maximum atomic E-state index is 12.5. The van der Waals surface area contributed by atoms with Gasteiger partial charge < -0.3 is 20.1 Å². The number of methoxy groups -OCH3 is 2. The Morgan fingerprint density at radius 1 is 1.33 bits per heavy atom. The zero-order chi connectivity index (χ0) is 15.3. The normalized spacial score (nSPS) is 17.3. The molecule has 0 atom stereocenters. The van der Waals surface area contributed by atoms with E-state index in [9.17, 15) is 4.79 Å². The number of hydrogen-bond donors (Lipinski definition) is 2. The van der Waals surface area contributed by atoms with Gasteiger partial charge in [-0.05, 0) is 44.5 Å². The number of hydrogen-bond acceptors (Lipinski definition) is 4. The molecule has 0 aliphatic carbocycles. The number of ether oxygens (including phenoxy) is 2. The van der Waals surface area contributed by atoms with Crippen molar-refractivity contribution >= 4 is 5.91 Å². The van der Waals surface area contributed by atoms with Gasteiger partial charge in [0, 0.05) is 19.2 Å². The third-order valence-corrected chi connectivity index (χ3v) is 4.10. The van der Waals surface area contributed by atoms with Gasteiger partial charge in [0.25, 0.3) is 5.91 Å². The van der Waals surface area contributed by atoms with Crippen LogP contribution in [-0.2, 0) is 16.1 Å². The molecule has 0 aromatic heterocycles. The van der Waals surface area contributed by atoms with E-state index in [0.717, 1.165) is 30.0 Å². The molecule has 1 amide bonds. The molecule has 2 N–H and O–H groups in total. The molecule has 1 fully saturated rings. The maximum Gasteiger partial charge on any atom is 0.252 e. The Kier molecular flexibility index (Phi) is 5.20. The van der Waals surface area contributed by atoms with Gasteiger partial charge >= 0.3 is 0 Å². The topological polar surface area (TPSA) is 59.6 Å². The number of piperidine rings is 1. The molecule has 1 aromatic rings. The lowest BCUT2D eigenvalue weighted by atomic mass is 9.91. The van der Waals surface area contributed by atoms with Gasteiger partial charge in [0.2, 0.25) is 0 Å². The fourth-order valence-electron chi connectivity index (χ4n) is 2.69. The molecule has 0 radical (unpaired) electrons. The highest BCUT2D eigenvalue weighted by Gasteiger charge is 2.39. The van der Waals surface area contributed by atoms with Crippen LogP contribution in [-0.4, -0.2) is 38.8 Å². The molecule has 2 rings (SSSR count). The second-order valence-electron chi connectivity index (χ2n) is 5.45. The highest BCUT2D eigenvalue weighted by Crippen LogP contribution is 2.24. The first-order valence-electron chi connectivity index (χ1n) is 7.29. The van der Waals surface area contributed by atoms with E-state index in [4.69, 9.17) is 9.47 Å². The van der Waals surface area contributed by atoms with Crippen molar-refractivity contribution in [2.24, 2.45) is 0 Å². The molecule has 0 unspecified atom stereocenters. The summed E-state index contributed by atoms with van der Waals surface area (Å²) in [7, 11) is 3.25. The number of benzene rings is 1. The Morgan fingerprint density at radius 3 is 2.67 bits per heavy atom. The Labute approximate surface area is 126 Å². The van der Waals surface area contributed by atoms with E-state index in [-0.39, 0.29) is 5.91 Å². The van der Waals surface area contributed by atoms with Crippen LogP contribution in [0.3, 0.4) is 0 Å². The fourth-order valence-corrected chi connectivity index (χ4v) is 2.69. The summed E-state index contributed by atoms with van der Waals surface area (Å²) in [6, 6.07) is 5.97. The van der Waals surface area contributed by atoms with E-state index in [1.165, 1.54) is 0 Å². The Hall–Kier alpha value is -1.59. The first-order valence-corrected chi connectivity index (χ1v) is 7.29. The van der Waals surface area contributed by atoms with Crippen molar-refractivity contribution in [1.82, 2.24) is 10.6 Å². The maximum absolute atomic E-state index is 12.5. The number of rotatable bonds is 5. The monoisotopic (exact) mass is 292 g/mol. The highest BCUT2D eigenvalue weighted by atomic mass is 16.5. The van der Waals surface area contributed by atoms with Crippen LogP contribution in [0.15, 0.2) is 18.2 Å².